The zero-order valence-electron chi connectivity index (χ0n) is 21.2. The molecule has 0 aliphatic carbocycles. The second-order valence-electron chi connectivity index (χ2n) is 9.26. The van der Waals surface area contributed by atoms with E-state index in [1.807, 2.05) is 0 Å². The fraction of sp³-hybridized carbons (Fsp3) is 0.286. The third-order valence-electron chi connectivity index (χ3n) is 5.24. The first-order valence-electron chi connectivity index (χ1n) is 11.3. The van der Waals surface area contributed by atoms with Crippen LogP contribution in [0.25, 0.3) is 0 Å². The Hall–Kier alpha value is -3.46. The molecule has 2 aromatic rings. The Balaban J connectivity index is 2.80. The van der Waals surface area contributed by atoms with Crippen molar-refractivity contribution in [2.24, 2.45) is 0 Å². The standard InChI is InChI=1S/C28H31F3N2O3S/c1-7-9-19(8-2)26(35)33(17-18-10-13-21(36-6)14-11-18)24(25(34)32-27(3,4)5)22-16-20(28(29,30)31)12-15-23(22)37/h7-16,24,37H,1-2,17H2,3-6H3,(H,32,34)/b19-9+. The molecule has 5 nitrogen and oxygen atoms in total. The van der Waals surface area contributed by atoms with Gasteiger partial charge in [0.05, 0.1) is 12.7 Å². The Bertz CT molecular complexity index is 1180. The van der Waals surface area contributed by atoms with Gasteiger partial charge in [-0.25, -0.2) is 0 Å². The fourth-order valence-electron chi connectivity index (χ4n) is 3.57. The summed E-state index contributed by atoms with van der Waals surface area (Å²) >= 11 is 4.36. The van der Waals surface area contributed by atoms with E-state index < -0.39 is 35.1 Å². The summed E-state index contributed by atoms with van der Waals surface area (Å²) in [7, 11) is 1.51. The van der Waals surface area contributed by atoms with Crippen LogP contribution in [0.15, 0.2) is 84.3 Å². The summed E-state index contributed by atoms with van der Waals surface area (Å²) in [4.78, 5) is 28.8. The highest BCUT2D eigenvalue weighted by molar-refractivity contribution is 7.80. The van der Waals surface area contributed by atoms with Gasteiger partial charge in [-0.2, -0.15) is 13.2 Å². The molecule has 0 spiro atoms. The average Bonchev–Trinajstić information content (AvgIpc) is 2.81. The smallest absolute Gasteiger partial charge is 0.416 e. The highest BCUT2D eigenvalue weighted by atomic mass is 32.1. The van der Waals surface area contributed by atoms with Gasteiger partial charge in [0.2, 0.25) is 5.91 Å². The van der Waals surface area contributed by atoms with Crippen molar-refractivity contribution in [1.29, 1.82) is 0 Å². The lowest BCUT2D eigenvalue weighted by atomic mass is 9.97. The third kappa shape index (κ3) is 8.01. The predicted octanol–water partition coefficient (Wildman–Crippen LogP) is 6.29. The van der Waals surface area contributed by atoms with Crippen LogP contribution >= 0.6 is 12.6 Å². The second kappa shape index (κ2) is 12.2. The van der Waals surface area contributed by atoms with Crippen LogP contribution in [0, 0.1) is 0 Å². The van der Waals surface area contributed by atoms with Crippen molar-refractivity contribution < 1.29 is 27.5 Å². The minimum Gasteiger partial charge on any atom is -0.497 e. The molecular weight excluding hydrogens is 501 g/mol. The molecule has 2 rings (SSSR count). The first kappa shape index (κ1) is 29.8. The van der Waals surface area contributed by atoms with Gasteiger partial charge in [-0.1, -0.05) is 43.5 Å². The molecule has 0 aromatic heterocycles. The van der Waals surface area contributed by atoms with Crippen LogP contribution in [0.5, 0.6) is 5.75 Å². The molecule has 0 fully saturated rings. The van der Waals surface area contributed by atoms with E-state index in [0.717, 1.165) is 12.1 Å². The number of ether oxygens (including phenoxy) is 1. The molecule has 0 heterocycles. The van der Waals surface area contributed by atoms with Gasteiger partial charge < -0.3 is 15.0 Å². The van der Waals surface area contributed by atoms with Gasteiger partial charge >= 0.3 is 6.18 Å². The second-order valence-corrected chi connectivity index (χ2v) is 9.74. The van der Waals surface area contributed by atoms with Crippen LogP contribution in [0.2, 0.25) is 0 Å². The van der Waals surface area contributed by atoms with E-state index in [0.29, 0.717) is 11.3 Å². The summed E-state index contributed by atoms with van der Waals surface area (Å²) in [5.74, 6) is -0.701. The van der Waals surface area contributed by atoms with Gasteiger partial charge in [0.1, 0.15) is 11.8 Å². The van der Waals surface area contributed by atoms with Crippen molar-refractivity contribution in [3.8, 4) is 5.75 Å². The van der Waals surface area contributed by atoms with Gasteiger partial charge in [-0.05, 0) is 62.2 Å². The lowest BCUT2D eigenvalue weighted by Gasteiger charge is -2.35. The summed E-state index contributed by atoms with van der Waals surface area (Å²) < 4.78 is 46.1. The number of nitrogens with zero attached hydrogens (tertiary/aromatic N) is 1. The minimum absolute atomic E-state index is 0.0659. The van der Waals surface area contributed by atoms with E-state index in [9.17, 15) is 22.8 Å². The number of alkyl halides is 3. The number of hydrogen-bond acceptors (Lipinski definition) is 4. The number of amides is 2. The Kier molecular flexibility index (Phi) is 9.80. The summed E-state index contributed by atoms with van der Waals surface area (Å²) in [5, 5.41) is 2.80. The summed E-state index contributed by atoms with van der Waals surface area (Å²) in [6.07, 6.45) is -0.555. The molecule has 0 saturated carbocycles. The van der Waals surface area contributed by atoms with Crippen LogP contribution in [0.3, 0.4) is 0 Å². The number of methoxy groups -OCH3 is 1. The molecule has 0 aliphatic heterocycles. The van der Waals surface area contributed by atoms with E-state index >= 15 is 0 Å². The topological polar surface area (TPSA) is 58.6 Å². The number of thiol groups is 1. The zero-order chi connectivity index (χ0) is 28.0. The quantitative estimate of drug-likeness (QED) is 0.227. The van der Waals surface area contributed by atoms with Crippen LogP contribution < -0.4 is 10.1 Å². The molecule has 0 saturated heterocycles. The van der Waals surface area contributed by atoms with Crippen molar-refractivity contribution in [1.82, 2.24) is 10.2 Å². The van der Waals surface area contributed by atoms with Crippen LogP contribution in [-0.4, -0.2) is 29.4 Å². The van der Waals surface area contributed by atoms with Crippen molar-refractivity contribution in [2.45, 2.75) is 50.0 Å². The fourth-order valence-corrected chi connectivity index (χ4v) is 3.83. The molecule has 0 radical (unpaired) electrons. The normalized spacial score (nSPS) is 12.9. The lowest BCUT2D eigenvalue weighted by Crippen LogP contribution is -2.49. The molecule has 0 bridgehead atoms. The minimum atomic E-state index is -4.67. The first-order valence-corrected chi connectivity index (χ1v) is 11.8. The molecule has 2 aromatic carbocycles. The van der Waals surface area contributed by atoms with Gasteiger partial charge in [0, 0.05) is 22.6 Å². The average molecular weight is 533 g/mol. The molecular formula is C28H31F3N2O3S. The Morgan fingerprint density at radius 1 is 1.11 bits per heavy atom. The maximum atomic E-state index is 13.8. The molecule has 37 heavy (non-hydrogen) atoms. The Morgan fingerprint density at radius 2 is 1.73 bits per heavy atom. The molecule has 198 valence electrons. The number of rotatable bonds is 9. The highest BCUT2D eigenvalue weighted by Gasteiger charge is 2.38. The van der Waals surface area contributed by atoms with E-state index in [2.05, 4.69) is 31.1 Å². The number of carbonyl (C=O) groups is 2. The lowest BCUT2D eigenvalue weighted by molar-refractivity contribution is -0.140. The summed E-state index contributed by atoms with van der Waals surface area (Å²) in [6.45, 7) is 12.4. The molecule has 2 amide bonds. The number of carbonyl (C=O) groups excluding carboxylic acids is 2. The maximum absolute atomic E-state index is 13.8. The number of benzene rings is 2. The van der Waals surface area contributed by atoms with Crippen LogP contribution in [-0.2, 0) is 22.3 Å². The van der Waals surface area contributed by atoms with Crippen molar-refractivity contribution in [2.75, 3.05) is 7.11 Å². The van der Waals surface area contributed by atoms with Crippen LogP contribution in [0.1, 0.15) is 43.5 Å². The monoisotopic (exact) mass is 532 g/mol. The van der Waals surface area contributed by atoms with Crippen molar-refractivity contribution in [3.05, 3.63) is 96.1 Å². The van der Waals surface area contributed by atoms with Gasteiger partial charge in [-0.3, -0.25) is 9.59 Å². The van der Waals surface area contributed by atoms with Crippen molar-refractivity contribution in [3.63, 3.8) is 0 Å². The molecule has 9 heteroatoms. The molecule has 1 atom stereocenters. The predicted molar refractivity (Wildman–Crippen MR) is 141 cm³/mol. The summed E-state index contributed by atoms with van der Waals surface area (Å²) in [6, 6.07) is 8.24. The van der Waals surface area contributed by atoms with E-state index in [-0.39, 0.29) is 22.6 Å². The third-order valence-corrected chi connectivity index (χ3v) is 5.65. The number of allylic oxidation sites excluding steroid dienone is 2. The maximum Gasteiger partial charge on any atom is 0.416 e. The van der Waals surface area contributed by atoms with Crippen LogP contribution in [0.4, 0.5) is 13.2 Å². The van der Waals surface area contributed by atoms with E-state index in [4.69, 9.17) is 4.74 Å². The largest absolute Gasteiger partial charge is 0.497 e. The Morgan fingerprint density at radius 3 is 2.22 bits per heavy atom. The molecule has 0 aliphatic rings. The zero-order valence-corrected chi connectivity index (χ0v) is 22.1. The van der Waals surface area contributed by atoms with E-state index in [1.54, 1.807) is 45.0 Å². The SMILES string of the molecule is C=C/C=C(\C=C)C(=O)N(Cc1ccc(OC)cc1)C(C(=O)NC(C)(C)C)c1cc(C(F)(F)F)ccc1S. The number of hydrogen-bond donors (Lipinski definition) is 2. The van der Waals surface area contributed by atoms with Gasteiger partial charge in [-0.15, -0.1) is 12.6 Å². The van der Waals surface area contributed by atoms with E-state index in [1.165, 1.54) is 36.3 Å². The first-order chi connectivity index (χ1) is 17.2. The van der Waals surface area contributed by atoms with Gasteiger partial charge in [0.25, 0.3) is 5.91 Å². The number of nitrogens with one attached hydrogen (secondary N) is 1. The van der Waals surface area contributed by atoms with Crippen molar-refractivity contribution >= 4 is 24.4 Å². The molecule has 1 unspecified atom stereocenters. The molecule has 1 N–H and O–H groups in total. The van der Waals surface area contributed by atoms with Gasteiger partial charge in [0.15, 0.2) is 0 Å². The number of halogens is 3. The Labute approximate surface area is 221 Å². The highest BCUT2D eigenvalue weighted by Crippen LogP contribution is 2.36. The summed E-state index contributed by atoms with van der Waals surface area (Å²) in [5.41, 5.74) is -1.02.